The van der Waals surface area contributed by atoms with Crippen LogP contribution in [0.15, 0.2) is 40.3 Å². The zero-order chi connectivity index (χ0) is 32.3. The number of ether oxygens (including phenoxy) is 1. The van der Waals surface area contributed by atoms with Crippen LogP contribution >= 0.6 is 7.60 Å². The van der Waals surface area contributed by atoms with Crippen LogP contribution in [0.1, 0.15) is 65.4 Å². The van der Waals surface area contributed by atoms with Crippen molar-refractivity contribution in [3.63, 3.8) is 0 Å². The molecule has 0 radical (unpaired) electrons. The average molecular weight is 657 g/mol. The van der Waals surface area contributed by atoms with E-state index >= 15 is 0 Å². The van der Waals surface area contributed by atoms with Crippen molar-refractivity contribution >= 4 is 35.6 Å². The molecule has 3 rings (SSSR count). The van der Waals surface area contributed by atoms with Crippen molar-refractivity contribution in [1.29, 1.82) is 0 Å². The van der Waals surface area contributed by atoms with Crippen molar-refractivity contribution in [2.75, 3.05) is 39.3 Å². The zero-order valence-electron chi connectivity index (χ0n) is 25.9. The number of sulfonamides is 1. The van der Waals surface area contributed by atoms with Crippen LogP contribution in [-0.2, 0) is 39.6 Å². The Morgan fingerprint density at radius 1 is 1.02 bits per heavy atom. The molecule has 5 amide bonds. The Kier molecular flexibility index (Phi) is 13.4. The molecular formula is C29H45N4O9PS. The Morgan fingerprint density at radius 3 is 2.27 bits per heavy atom. The summed E-state index contributed by atoms with van der Waals surface area (Å²) < 4.78 is 55.7. The Hall–Kier alpha value is -2.77. The maximum atomic E-state index is 12.9. The first kappa shape index (κ1) is 35.7. The number of urea groups is 2. The van der Waals surface area contributed by atoms with Crippen LogP contribution in [0, 0.1) is 5.92 Å². The Bertz CT molecular complexity index is 1330. The van der Waals surface area contributed by atoms with Crippen LogP contribution in [0.2, 0.25) is 0 Å². The van der Waals surface area contributed by atoms with Crippen molar-refractivity contribution in [2.24, 2.45) is 5.92 Å². The minimum atomic E-state index is -4.04. The van der Waals surface area contributed by atoms with E-state index in [2.05, 4.69) is 22.3 Å². The molecule has 44 heavy (non-hydrogen) atoms. The molecular weight excluding hydrogens is 611 g/mol. The van der Waals surface area contributed by atoms with Gasteiger partial charge in [0.15, 0.2) is 0 Å². The molecule has 15 heteroatoms. The summed E-state index contributed by atoms with van der Waals surface area (Å²) in [5, 5.41) is 5.47. The standard InChI is InChI=1S/C29H45N4O9PS/c1-5-41-43(37,42-6-2)20-40-18-16-26-22(4)19-33(27(26)34)29(36)30-17-15-23-9-13-25(14-10-23)44(38,39)32-28(35)31-24-11-7-21(3)8-12-24/h9-10,13-14,21,24H,5-8,11-12,15-20H2,1-4H3,(H,30,36)(H2,31,32,35). The number of amides is 5. The summed E-state index contributed by atoms with van der Waals surface area (Å²) in [5.41, 5.74) is 1.98. The van der Waals surface area contributed by atoms with Gasteiger partial charge in [-0.2, -0.15) is 0 Å². The van der Waals surface area contributed by atoms with Crippen molar-refractivity contribution in [1.82, 2.24) is 20.3 Å². The zero-order valence-corrected chi connectivity index (χ0v) is 27.6. The summed E-state index contributed by atoms with van der Waals surface area (Å²) in [6.07, 6.45) is 4.07. The van der Waals surface area contributed by atoms with E-state index in [1.54, 1.807) is 32.9 Å². The Balaban J connectivity index is 1.41. The predicted molar refractivity (Wildman–Crippen MR) is 165 cm³/mol. The number of hydrogen-bond acceptors (Lipinski definition) is 9. The molecule has 1 heterocycles. The lowest BCUT2D eigenvalue weighted by Crippen LogP contribution is -2.45. The molecule has 1 aromatic rings. The molecule has 246 valence electrons. The SMILES string of the molecule is CCOP(=O)(COCCC1=C(C)CN(C(=O)NCCc2ccc(S(=O)(=O)NC(=O)NC3CCC(C)CC3)cc2)C1=O)OCC. The van der Waals surface area contributed by atoms with Gasteiger partial charge in [-0.15, -0.1) is 0 Å². The van der Waals surface area contributed by atoms with Crippen LogP contribution in [0.4, 0.5) is 9.59 Å². The highest BCUT2D eigenvalue weighted by atomic mass is 32.2. The quantitative estimate of drug-likeness (QED) is 0.184. The van der Waals surface area contributed by atoms with Gasteiger partial charge in [-0.25, -0.2) is 22.7 Å². The summed E-state index contributed by atoms with van der Waals surface area (Å²) in [6, 6.07) is 4.73. The fraction of sp³-hybridized carbons (Fsp3) is 0.621. The van der Waals surface area contributed by atoms with Crippen LogP contribution in [0.3, 0.4) is 0 Å². The Morgan fingerprint density at radius 2 is 1.66 bits per heavy atom. The van der Waals surface area contributed by atoms with E-state index in [0.29, 0.717) is 17.9 Å². The molecule has 2 aliphatic rings. The highest BCUT2D eigenvalue weighted by molar-refractivity contribution is 7.90. The number of nitrogens with one attached hydrogen (secondary N) is 3. The second-order valence-corrected chi connectivity index (χ2v) is 14.7. The smallest absolute Gasteiger partial charge is 0.356 e. The van der Waals surface area contributed by atoms with Crippen LogP contribution in [0.25, 0.3) is 0 Å². The highest BCUT2D eigenvalue weighted by Gasteiger charge is 2.32. The molecule has 1 aliphatic heterocycles. The lowest BCUT2D eigenvalue weighted by atomic mass is 9.87. The number of rotatable bonds is 15. The second-order valence-electron chi connectivity index (χ2n) is 11.0. The number of imide groups is 1. The van der Waals surface area contributed by atoms with Crippen LogP contribution in [0.5, 0.6) is 0 Å². The molecule has 0 spiro atoms. The van der Waals surface area contributed by atoms with Crippen molar-refractivity contribution < 1.29 is 41.2 Å². The van der Waals surface area contributed by atoms with Gasteiger partial charge in [0.2, 0.25) is 0 Å². The summed E-state index contributed by atoms with van der Waals surface area (Å²) in [5.74, 6) is 0.201. The first-order valence-corrected chi connectivity index (χ1v) is 18.2. The van der Waals surface area contributed by atoms with Gasteiger partial charge in [0.1, 0.15) is 6.35 Å². The molecule has 13 nitrogen and oxygen atoms in total. The van der Waals surface area contributed by atoms with Gasteiger partial charge < -0.3 is 24.4 Å². The number of carbonyl (C=O) groups excluding carboxylic acids is 3. The summed E-state index contributed by atoms with van der Waals surface area (Å²) in [4.78, 5) is 39.0. The number of hydrogen-bond donors (Lipinski definition) is 3. The third kappa shape index (κ3) is 10.4. The molecule has 0 aromatic heterocycles. The number of carbonyl (C=O) groups is 3. The molecule has 0 unspecified atom stereocenters. The van der Waals surface area contributed by atoms with E-state index in [4.69, 9.17) is 13.8 Å². The molecule has 0 atom stereocenters. The topological polar surface area (TPSA) is 169 Å². The normalized spacial score (nSPS) is 19.3. The highest BCUT2D eigenvalue weighted by Crippen LogP contribution is 2.47. The molecule has 0 saturated heterocycles. The van der Waals surface area contributed by atoms with Gasteiger partial charge in [-0.1, -0.05) is 19.1 Å². The molecule has 1 aliphatic carbocycles. The number of nitrogens with zero attached hydrogens (tertiary/aromatic N) is 1. The molecule has 1 aromatic carbocycles. The van der Waals surface area contributed by atoms with Crippen LogP contribution in [-0.4, -0.2) is 76.6 Å². The van der Waals surface area contributed by atoms with Gasteiger partial charge in [-0.3, -0.25) is 14.3 Å². The summed E-state index contributed by atoms with van der Waals surface area (Å²) in [6.45, 7) is 8.29. The third-order valence-electron chi connectivity index (χ3n) is 7.56. The average Bonchev–Trinajstić information content (AvgIpc) is 3.25. The van der Waals surface area contributed by atoms with Crippen molar-refractivity contribution in [3.05, 3.63) is 41.0 Å². The summed E-state index contributed by atoms with van der Waals surface area (Å²) in [7, 11) is -7.39. The molecule has 3 N–H and O–H groups in total. The minimum absolute atomic E-state index is 0.0337. The lowest BCUT2D eigenvalue weighted by molar-refractivity contribution is -0.123. The minimum Gasteiger partial charge on any atom is -0.368 e. The first-order chi connectivity index (χ1) is 20.9. The predicted octanol–water partition coefficient (Wildman–Crippen LogP) is 4.29. The van der Waals surface area contributed by atoms with Crippen molar-refractivity contribution in [2.45, 2.75) is 77.2 Å². The summed E-state index contributed by atoms with van der Waals surface area (Å²) >= 11 is 0. The van der Waals surface area contributed by atoms with Crippen molar-refractivity contribution in [3.8, 4) is 0 Å². The molecule has 0 bridgehead atoms. The fourth-order valence-electron chi connectivity index (χ4n) is 5.13. The second kappa shape index (κ2) is 16.5. The van der Waals surface area contributed by atoms with E-state index in [1.807, 2.05) is 0 Å². The van der Waals surface area contributed by atoms with E-state index < -0.39 is 35.6 Å². The number of benzene rings is 1. The fourth-order valence-corrected chi connectivity index (χ4v) is 7.41. The van der Waals surface area contributed by atoms with Crippen LogP contribution < -0.4 is 15.4 Å². The van der Waals surface area contributed by atoms with E-state index in [-0.39, 0.29) is 56.6 Å². The van der Waals surface area contributed by atoms with Gasteiger partial charge in [0.25, 0.3) is 15.9 Å². The molecule has 1 saturated carbocycles. The third-order valence-corrected chi connectivity index (χ3v) is 10.7. The first-order valence-electron chi connectivity index (χ1n) is 15.0. The maximum Gasteiger partial charge on any atom is 0.356 e. The van der Waals surface area contributed by atoms with E-state index in [9.17, 15) is 27.4 Å². The monoisotopic (exact) mass is 656 g/mol. The maximum absolute atomic E-state index is 12.9. The van der Waals surface area contributed by atoms with E-state index in [1.165, 1.54) is 12.1 Å². The van der Waals surface area contributed by atoms with Gasteiger partial charge >= 0.3 is 19.7 Å². The Labute approximate surface area is 260 Å². The van der Waals surface area contributed by atoms with Gasteiger partial charge in [0, 0.05) is 24.6 Å². The lowest BCUT2D eigenvalue weighted by Gasteiger charge is -2.26. The largest absolute Gasteiger partial charge is 0.368 e. The van der Waals surface area contributed by atoms with Gasteiger partial charge in [0.05, 0.1) is 31.3 Å². The molecule has 1 fully saturated rings. The van der Waals surface area contributed by atoms with E-state index in [0.717, 1.165) is 41.7 Å². The van der Waals surface area contributed by atoms with Gasteiger partial charge in [-0.05, 0) is 82.1 Å².